The predicted octanol–water partition coefficient (Wildman–Crippen LogP) is 2.05. The van der Waals surface area contributed by atoms with E-state index in [2.05, 4.69) is 4.72 Å². The first-order chi connectivity index (χ1) is 9.40. The number of hydrogen-bond donors (Lipinski definition) is 2. The van der Waals surface area contributed by atoms with Crippen LogP contribution in [0.15, 0.2) is 24.3 Å². The second-order valence-electron chi connectivity index (χ2n) is 4.90. The van der Waals surface area contributed by atoms with Crippen LogP contribution in [-0.4, -0.2) is 27.6 Å². The number of nitrogens with one attached hydrogen (secondary N) is 1. The van der Waals surface area contributed by atoms with E-state index in [9.17, 15) is 8.42 Å². The summed E-state index contributed by atoms with van der Waals surface area (Å²) in [4.78, 5) is 0. The molecule has 0 atom stereocenters. The summed E-state index contributed by atoms with van der Waals surface area (Å²) in [6.07, 6.45) is 1.33. The molecule has 0 aliphatic rings. The molecule has 1 rings (SSSR count). The lowest BCUT2D eigenvalue weighted by Crippen LogP contribution is -2.53. The third-order valence-electron chi connectivity index (χ3n) is 3.61. The van der Waals surface area contributed by atoms with E-state index in [1.165, 1.54) is 0 Å². The zero-order chi connectivity index (χ0) is 15.2. The van der Waals surface area contributed by atoms with Gasteiger partial charge in [-0.15, -0.1) is 12.4 Å². The van der Waals surface area contributed by atoms with Gasteiger partial charge >= 0.3 is 0 Å². The zero-order valence-electron chi connectivity index (χ0n) is 12.8. The fourth-order valence-corrected chi connectivity index (χ4v) is 3.79. The van der Waals surface area contributed by atoms with Crippen LogP contribution in [-0.2, 0) is 15.8 Å². The Hall–Kier alpha value is -0.820. The second kappa shape index (κ2) is 8.58. The Bertz CT molecular complexity index is 523. The van der Waals surface area contributed by atoms with Crippen molar-refractivity contribution in [1.82, 2.24) is 4.72 Å². The molecule has 0 radical (unpaired) electrons. The fourth-order valence-electron chi connectivity index (χ4n) is 2.07. The van der Waals surface area contributed by atoms with Crippen molar-refractivity contribution in [3.63, 3.8) is 0 Å². The molecule has 0 bridgehead atoms. The van der Waals surface area contributed by atoms with E-state index in [1.807, 2.05) is 13.8 Å². The fraction of sp³-hybridized carbons (Fsp3) is 0.571. The standard InChI is InChI=1S/C14H24N2O3S.ClH/c1-4-14(5-2,11-15)16-20(17,18)10-12-7-6-8-13(9-12)19-3;/h6-9,16H,4-5,10-11,15H2,1-3H3;1H. The van der Waals surface area contributed by atoms with Gasteiger partial charge in [0.15, 0.2) is 0 Å². The molecule has 122 valence electrons. The number of hydrogen-bond acceptors (Lipinski definition) is 4. The second-order valence-corrected chi connectivity index (χ2v) is 6.63. The molecule has 0 spiro atoms. The van der Waals surface area contributed by atoms with E-state index < -0.39 is 15.6 Å². The normalized spacial score (nSPS) is 11.8. The highest BCUT2D eigenvalue weighted by atomic mass is 35.5. The monoisotopic (exact) mass is 336 g/mol. The Morgan fingerprint density at radius 1 is 1.29 bits per heavy atom. The van der Waals surface area contributed by atoms with Crippen molar-refractivity contribution in [3.8, 4) is 5.75 Å². The molecule has 21 heavy (non-hydrogen) atoms. The zero-order valence-corrected chi connectivity index (χ0v) is 14.4. The number of benzene rings is 1. The number of halogens is 1. The Labute approximate surface area is 133 Å². The molecule has 0 saturated heterocycles. The number of rotatable bonds is 8. The predicted molar refractivity (Wildman–Crippen MR) is 88.4 cm³/mol. The lowest BCUT2D eigenvalue weighted by Gasteiger charge is -2.31. The maximum Gasteiger partial charge on any atom is 0.216 e. The average Bonchev–Trinajstić information content (AvgIpc) is 2.44. The maximum atomic E-state index is 12.3. The van der Waals surface area contributed by atoms with E-state index in [1.54, 1.807) is 31.4 Å². The average molecular weight is 337 g/mol. The Kier molecular flexibility index (Phi) is 8.25. The SMILES string of the molecule is CCC(CC)(CN)NS(=O)(=O)Cc1cccc(OC)c1.Cl. The quantitative estimate of drug-likeness (QED) is 0.761. The van der Waals surface area contributed by atoms with Crippen molar-refractivity contribution in [2.45, 2.75) is 38.0 Å². The van der Waals surface area contributed by atoms with Gasteiger partial charge < -0.3 is 10.5 Å². The Morgan fingerprint density at radius 3 is 2.38 bits per heavy atom. The molecule has 0 heterocycles. The highest BCUT2D eigenvalue weighted by Crippen LogP contribution is 2.18. The lowest BCUT2D eigenvalue weighted by atomic mass is 9.95. The van der Waals surface area contributed by atoms with Crippen LogP contribution in [0.1, 0.15) is 32.3 Å². The molecule has 0 aromatic heterocycles. The van der Waals surface area contributed by atoms with Gasteiger partial charge in [-0.1, -0.05) is 26.0 Å². The third-order valence-corrected chi connectivity index (χ3v) is 5.06. The molecular formula is C14H25ClN2O3S. The molecule has 1 aromatic carbocycles. The van der Waals surface area contributed by atoms with Crippen LogP contribution >= 0.6 is 12.4 Å². The van der Waals surface area contributed by atoms with Gasteiger partial charge in [0.25, 0.3) is 0 Å². The number of sulfonamides is 1. The molecule has 0 aliphatic carbocycles. The molecule has 7 heteroatoms. The summed E-state index contributed by atoms with van der Waals surface area (Å²) in [6, 6.07) is 7.05. The minimum atomic E-state index is -3.44. The molecule has 0 unspecified atom stereocenters. The van der Waals surface area contributed by atoms with E-state index in [4.69, 9.17) is 10.5 Å². The van der Waals surface area contributed by atoms with Crippen LogP contribution < -0.4 is 15.2 Å². The van der Waals surface area contributed by atoms with Gasteiger partial charge in [0.2, 0.25) is 10.0 Å². The minimum absolute atomic E-state index is 0. The van der Waals surface area contributed by atoms with Crippen LogP contribution in [0.25, 0.3) is 0 Å². The summed E-state index contributed by atoms with van der Waals surface area (Å²) in [5.41, 5.74) is 5.86. The summed E-state index contributed by atoms with van der Waals surface area (Å²) in [6.45, 7) is 4.16. The summed E-state index contributed by atoms with van der Waals surface area (Å²) in [7, 11) is -1.88. The van der Waals surface area contributed by atoms with Crippen molar-refractivity contribution in [1.29, 1.82) is 0 Å². The minimum Gasteiger partial charge on any atom is -0.497 e. The van der Waals surface area contributed by atoms with E-state index in [-0.39, 0.29) is 24.7 Å². The van der Waals surface area contributed by atoms with Crippen molar-refractivity contribution in [3.05, 3.63) is 29.8 Å². The highest BCUT2D eigenvalue weighted by molar-refractivity contribution is 7.88. The molecule has 0 amide bonds. The van der Waals surface area contributed by atoms with Gasteiger partial charge in [-0.2, -0.15) is 0 Å². The molecule has 3 N–H and O–H groups in total. The van der Waals surface area contributed by atoms with Crippen LogP contribution in [0.4, 0.5) is 0 Å². The van der Waals surface area contributed by atoms with Crippen LogP contribution in [0, 0.1) is 0 Å². The van der Waals surface area contributed by atoms with Crippen molar-refractivity contribution in [2.24, 2.45) is 5.73 Å². The summed E-state index contributed by atoms with van der Waals surface area (Å²) < 4.78 is 32.4. The Morgan fingerprint density at radius 2 is 1.90 bits per heavy atom. The van der Waals surface area contributed by atoms with Gasteiger partial charge in [-0.05, 0) is 30.5 Å². The van der Waals surface area contributed by atoms with E-state index in [0.29, 0.717) is 24.2 Å². The van der Waals surface area contributed by atoms with Crippen LogP contribution in [0.5, 0.6) is 5.75 Å². The number of nitrogens with two attached hydrogens (primary N) is 1. The third kappa shape index (κ3) is 5.82. The van der Waals surface area contributed by atoms with Gasteiger partial charge in [-0.3, -0.25) is 0 Å². The highest BCUT2D eigenvalue weighted by Gasteiger charge is 2.29. The number of methoxy groups -OCH3 is 1. The lowest BCUT2D eigenvalue weighted by molar-refractivity contribution is 0.363. The first-order valence-electron chi connectivity index (χ1n) is 6.75. The van der Waals surface area contributed by atoms with Gasteiger partial charge in [0, 0.05) is 12.1 Å². The Balaban J connectivity index is 0.00000400. The largest absolute Gasteiger partial charge is 0.497 e. The van der Waals surface area contributed by atoms with E-state index in [0.717, 1.165) is 0 Å². The van der Waals surface area contributed by atoms with Gasteiger partial charge in [0.05, 0.1) is 12.9 Å². The smallest absolute Gasteiger partial charge is 0.216 e. The van der Waals surface area contributed by atoms with Crippen molar-refractivity contribution < 1.29 is 13.2 Å². The maximum absolute atomic E-state index is 12.3. The summed E-state index contributed by atoms with van der Waals surface area (Å²) >= 11 is 0. The van der Waals surface area contributed by atoms with E-state index >= 15 is 0 Å². The van der Waals surface area contributed by atoms with Gasteiger partial charge in [-0.25, -0.2) is 13.1 Å². The van der Waals surface area contributed by atoms with Crippen molar-refractivity contribution >= 4 is 22.4 Å². The first-order valence-corrected chi connectivity index (χ1v) is 8.40. The molecule has 0 saturated carbocycles. The number of ether oxygens (including phenoxy) is 1. The molecule has 0 aliphatic heterocycles. The topological polar surface area (TPSA) is 81.4 Å². The van der Waals surface area contributed by atoms with Crippen LogP contribution in [0.3, 0.4) is 0 Å². The van der Waals surface area contributed by atoms with Crippen molar-refractivity contribution in [2.75, 3.05) is 13.7 Å². The molecular weight excluding hydrogens is 312 g/mol. The van der Waals surface area contributed by atoms with Gasteiger partial charge in [0.1, 0.15) is 5.75 Å². The molecule has 5 nitrogen and oxygen atoms in total. The first kappa shape index (κ1) is 20.2. The molecule has 0 fully saturated rings. The summed E-state index contributed by atoms with van der Waals surface area (Å²) in [5, 5.41) is 0. The molecule has 1 aromatic rings. The summed E-state index contributed by atoms with van der Waals surface area (Å²) in [5.74, 6) is 0.570. The van der Waals surface area contributed by atoms with Crippen LogP contribution in [0.2, 0.25) is 0 Å².